The first-order valence-electron chi connectivity index (χ1n) is 11.2. The standard InChI is InChI=1S/C22H28N2O6S.C2HF3O2/c1-28-14-4-13-23-21(25)22(11-12-22)16-5-7-17(8-6-16)24-31(26,27)18-9-10-19(29-2)20(15-18)30-3;3-2(4,5)1(6)7/h5-10,15,24H,4,11-14H2,1-3H3,(H,23,25);(H,6,7). The molecule has 1 aliphatic rings. The molecule has 210 valence electrons. The van der Waals surface area contributed by atoms with Gasteiger partial charge in [0.15, 0.2) is 11.5 Å². The fourth-order valence-corrected chi connectivity index (χ4v) is 4.49. The van der Waals surface area contributed by atoms with Crippen molar-refractivity contribution in [2.45, 2.75) is 35.7 Å². The molecule has 14 heteroatoms. The number of carbonyl (C=O) groups is 2. The molecule has 0 spiro atoms. The summed E-state index contributed by atoms with van der Waals surface area (Å²) >= 11 is 0. The molecule has 1 fully saturated rings. The number of anilines is 1. The predicted octanol–water partition coefficient (Wildman–Crippen LogP) is 3.32. The van der Waals surface area contributed by atoms with Crippen LogP contribution in [0.3, 0.4) is 0 Å². The maximum atomic E-state index is 12.8. The summed E-state index contributed by atoms with van der Waals surface area (Å²) in [5, 5.41) is 10.1. The molecule has 0 heterocycles. The van der Waals surface area contributed by atoms with Crippen molar-refractivity contribution in [3.05, 3.63) is 48.0 Å². The van der Waals surface area contributed by atoms with E-state index < -0.39 is 27.6 Å². The third-order valence-electron chi connectivity index (χ3n) is 5.59. The molecule has 3 N–H and O–H groups in total. The molecule has 2 aromatic rings. The zero-order chi connectivity index (χ0) is 28.6. The lowest BCUT2D eigenvalue weighted by Crippen LogP contribution is -2.35. The van der Waals surface area contributed by atoms with Gasteiger partial charge < -0.3 is 24.6 Å². The average molecular weight is 563 g/mol. The monoisotopic (exact) mass is 562 g/mol. The van der Waals surface area contributed by atoms with Crippen LogP contribution in [0.1, 0.15) is 24.8 Å². The van der Waals surface area contributed by atoms with E-state index in [4.69, 9.17) is 24.1 Å². The van der Waals surface area contributed by atoms with Crippen LogP contribution in [0.5, 0.6) is 11.5 Å². The first kappa shape index (κ1) is 30.7. The van der Waals surface area contributed by atoms with E-state index in [-0.39, 0.29) is 10.8 Å². The lowest BCUT2D eigenvalue weighted by atomic mass is 9.95. The van der Waals surface area contributed by atoms with Crippen LogP contribution in [0.25, 0.3) is 0 Å². The van der Waals surface area contributed by atoms with Crippen LogP contribution in [0, 0.1) is 0 Å². The number of nitrogens with one attached hydrogen (secondary N) is 2. The molecule has 0 unspecified atom stereocenters. The van der Waals surface area contributed by atoms with Crippen molar-refractivity contribution >= 4 is 27.6 Å². The molecule has 38 heavy (non-hydrogen) atoms. The summed E-state index contributed by atoms with van der Waals surface area (Å²) in [5.74, 6) is -1.98. The number of hydrogen-bond donors (Lipinski definition) is 3. The van der Waals surface area contributed by atoms with Gasteiger partial charge in [-0.25, -0.2) is 13.2 Å². The molecule has 3 rings (SSSR count). The summed E-state index contributed by atoms with van der Waals surface area (Å²) in [6, 6.07) is 11.3. The Balaban J connectivity index is 0.000000638. The summed E-state index contributed by atoms with van der Waals surface area (Å²) in [4.78, 5) is 21.6. The Morgan fingerprint density at radius 3 is 2.05 bits per heavy atom. The number of methoxy groups -OCH3 is 3. The third kappa shape index (κ3) is 7.99. The van der Waals surface area contributed by atoms with E-state index in [0.717, 1.165) is 24.8 Å². The molecule has 0 radical (unpaired) electrons. The number of ether oxygens (including phenoxy) is 3. The minimum absolute atomic E-state index is 0.00209. The van der Waals surface area contributed by atoms with Crippen molar-refractivity contribution in [1.29, 1.82) is 0 Å². The van der Waals surface area contributed by atoms with Crippen LogP contribution in [0.15, 0.2) is 47.4 Å². The number of alkyl halides is 3. The van der Waals surface area contributed by atoms with Gasteiger partial charge in [0.2, 0.25) is 5.91 Å². The van der Waals surface area contributed by atoms with Gasteiger partial charge in [0, 0.05) is 32.0 Å². The van der Waals surface area contributed by atoms with Gasteiger partial charge in [-0.3, -0.25) is 9.52 Å². The number of rotatable bonds is 11. The number of carboxylic acids is 1. The number of amides is 1. The van der Waals surface area contributed by atoms with Gasteiger partial charge >= 0.3 is 12.1 Å². The van der Waals surface area contributed by atoms with Gasteiger partial charge in [-0.2, -0.15) is 13.2 Å². The van der Waals surface area contributed by atoms with Crippen molar-refractivity contribution < 1.29 is 50.5 Å². The van der Waals surface area contributed by atoms with Gasteiger partial charge in [0.1, 0.15) is 0 Å². The largest absolute Gasteiger partial charge is 0.493 e. The predicted molar refractivity (Wildman–Crippen MR) is 131 cm³/mol. The van der Waals surface area contributed by atoms with E-state index >= 15 is 0 Å². The average Bonchev–Trinajstić information content (AvgIpc) is 3.68. The van der Waals surface area contributed by atoms with Crippen LogP contribution >= 0.6 is 0 Å². The summed E-state index contributed by atoms with van der Waals surface area (Å²) in [7, 11) is 0.747. The highest BCUT2D eigenvalue weighted by molar-refractivity contribution is 7.92. The Morgan fingerprint density at radius 1 is 1.00 bits per heavy atom. The second-order valence-electron chi connectivity index (χ2n) is 8.19. The Kier molecular flexibility index (Phi) is 10.4. The van der Waals surface area contributed by atoms with E-state index in [2.05, 4.69) is 10.0 Å². The number of carbonyl (C=O) groups excluding carboxylic acids is 1. The first-order chi connectivity index (χ1) is 17.8. The van der Waals surface area contributed by atoms with Gasteiger partial charge in [-0.15, -0.1) is 0 Å². The quantitative estimate of drug-likeness (QED) is 0.355. The molecular formula is C24H29F3N2O8S. The smallest absolute Gasteiger partial charge is 0.490 e. The van der Waals surface area contributed by atoms with E-state index in [1.54, 1.807) is 37.4 Å². The summed E-state index contributed by atoms with van der Waals surface area (Å²) in [6.07, 6.45) is -2.77. The molecule has 1 aliphatic carbocycles. The Bertz CT molecular complexity index is 1210. The van der Waals surface area contributed by atoms with Crippen LogP contribution in [-0.2, 0) is 29.8 Å². The number of hydrogen-bond acceptors (Lipinski definition) is 7. The lowest BCUT2D eigenvalue weighted by molar-refractivity contribution is -0.192. The fraction of sp³-hybridized carbons (Fsp3) is 0.417. The Hall–Kier alpha value is -3.52. The van der Waals surface area contributed by atoms with Crippen LogP contribution in [0.4, 0.5) is 18.9 Å². The number of carboxylic acid groups (broad SMARTS) is 1. The van der Waals surface area contributed by atoms with E-state index in [1.165, 1.54) is 26.4 Å². The molecular weight excluding hydrogens is 533 g/mol. The van der Waals surface area contributed by atoms with Gasteiger partial charge in [-0.05, 0) is 49.1 Å². The van der Waals surface area contributed by atoms with E-state index in [1.807, 2.05) is 0 Å². The fourth-order valence-electron chi connectivity index (χ4n) is 3.41. The van der Waals surface area contributed by atoms with Crippen molar-refractivity contribution in [1.82, 2.24) is 5.32 Å². The molecule has 0 saturated heterocycles. The molecule has 0 aliphatic heterocycles. The normalized spacial score (nSPS) is 13.9. The van der Waals surface area contributed by atoms with Crippen molar-refractivity contribution in [2.24, 2.45) is 0 Å². The molecule has 1 amide bonds. The molecule has 0 aromatic heterocycles. The number of aliphatic carboxylic acids is 1. The van der Waals surface area contributed by atoms with Crippen molar-refractivity contribution in [2.75, 3.05) is 39.2 Å². The highest BCUT2D eigenvalue weighted by Gasteiger charge is 2.51. The minimum atomic E-state index is -5.08. The van der Waals surface area contributed by atoms with E-state index in [0.29, 0.717) is 30.3 Å². The van der Waals surface area contributed by atoms with Crippen LogP contribution in [0.2, 0.25) is 0 Å². The first-order valence-corrected chi connectivity index (χ1v) is 12.7. The second kappa shape index (κ2) is 12.8. The van der Waals surface area contributed by atoms with Gasteiger partial charge in [0.05, 0.1) is 24.5 Å². The molecule has 2 aromatic carbocycles. The summed E-state index contributed by atoms with van der Waals surface area (Å²) < 4.78 is 75.2. The zero-order valence-electron chi connectivity index (χ0n) is 20.9. The molecule has 1 saturated carbocycles. The lowest BCUT2D eigenvalue weighted by Gasteiger charge is -2.17. The zero-order valence-corrected chi connectivity index (χ0v) is 21.7. The number of sulfonamides is 1. The van der Waals surface area contributed by atoms with Crippen LogP contribution in [-0.4, -0.2) is 66.1 Å². The third-order valence-corrected chi connectivity index (χ3v) is 6.97. The van der Waals surface area contributed by atoms with Crippen molar-refractivity contribution in [3.8, 4) is 11.5 Å². The molecule has 10 nitrogen and oxygen atoms in total. The van der Waals surface area contributed by atoms with Gasteiger partial charge in [-0.1, -0.05) is 12.1 Å². The highest BCUT2D eigenvalue weighted by Crippen LogP contribution is 2.48. The van der Waals surface area contributed by atoms with Gasteiger partial charge in [0.25, 0.3) is 10.0 Å². The second-order valence-corrected chi connectivity index (χ2v) is 9.87. The van der Waals surface area contributed by atoms with Crippen LogP contribution < -0.4 is 19.5 Å². The molecule has 0 bridgehead atoms. The molecule has 0 atom stereocenters. The maximum absolute atomic E-state index is 12.8. The maximum Gasteiger partial charge on any atom is 0.490 e. The Morgan fingerprint density at radius 2 is 1.58 bits per heavy atom. The summed E-state index contributed by atoms with van der Waals surface area (Å²) in [6.45, 7) is 1.17. The Labute approximate surface area is 218 Å². The minimum Gasteiger partial charge on any atom is -0.493 e. The number of benzene rings is 2. The van der Waals surface area contributed by atoms with E-state index in [9.17, 15) is 26.4 Å². The highest BCUT2D eigenvalue weighted by atomic mass is 32.2. The summed E-state index contributed by atoms with van der Waals surface area (Å²) in [5.41, 5.74) is 0.772. The van der Waals surface area contributed by atoms with Crippen molar-refractivity contribution in [3.63, 3.8) is 0 Å². The topological polar surface area (TPSA) is 140 Å². The number of halogens is 3. The SMILES string of the molecule is COCCCNC(=O)C1(c2ccc(NS(=O)(=O)c3ccc(OC)c(OC)c3)cc2)CC1.O=C(O)C(F)(F)F.